The quantitative estimate of drug-likeness (QED) is 0.560. The minimum atomic E-state index is -0.439. The number of amides is 2. The third kappa shape index (κ3) is 4.13. The summed E-state index contributed by atoms with van der Waals surface area (Å²) >= 11 is 11.9. The summed E-state index contributed by atoms with van der Waals surface area (Å²) in [5.41, 5.74) is 4.96. The number of carbonyl (C=O) groups excluding carboxylic acids is 2. The highest BCUT2D eigenvalue weighted by Gasteiger charge is 2.28. The molecule has 0 saturated heterocycles. The van der Waals surface area contributed by atoms with E-state index in [4.69, 9.17) is 27.6 Å². The van der Waals surface area contributed by atoms with E-state index in [0.717, 1.165) is 12.0 Å². The maximum atomic E-state index is 12.4. The third-order valence-corrected chi connectivity index (χ3v) is 4.95. The monoisotopic (exact) mass is 419 g/mol. The molecule has 146 valence electrons. The van der Waals surface area contributed by atoms with Gasteiger partial charge in [-0.2, -0.15) is 5.10 Å². The number of hydrazone groups is 1. The number of carbonyl (C=O) groups is 2. The van der Waals surface area contributed by atoms with E-state index in [1.165, 1.54) is 12.1 Å². The zero-order valence-electron chi connectivity index (χ0n) is 15.3. The van der Waals surface area contributed by atoms with Crippen molar-refractivity contribution in [3.05, 3.63) is 69.1 Å². The summed E-state index contributed by atoms with van der Waals surface area (Å²) in [7, 11) is 0. The number of nitrogens with zero attached hydrogens (tertiary/aromatic N) is 1. The Hall–Kier alpha value is -2.57. The molecule has 1 heterocycles. The molecule has 0 bridgehead atoms. The van der Waals surface area contributed by atoms with Gasteiger partial charge >= 0.3 is 0 Å². The van der Waals surface area contributed by atoms with Crippen molar-refractivity contribution in [3.8, 4) is 0 Å². The van der Waals surface area contributed by atoms with Crippen molar-refractivity contribution in [1.29, 1.82) is 0 Å². The molecule has 0 saturated carbocycles. The topological polar surface area (TPSA) is 83.7 Å². The van der Waals surface area contributed by atoms with Crippen LogP contribution in [0.25, 0.3) is 0 Å². The zero-order chi connectivity index (χ0) is 20.3. The molecule has 28 heavy (non-hydrogen) atoms. The van der Waals surface area contributed by atoms with E-state index in [1.54, 1.807) is 12.1 Å². The molecule has 0 radical (unpaired) electrons. The molecule has 2 aromatic rings. The van der Waals surface area contributed by atoms with Gasteiger partial charge in [-0.25, -0.2) is 5.43 Å². The number of rotatable bonds is 5. The number of hydrogen-bond acceptors (Lipinski definition) is 4. The molecule has 1 aromatic carbocycles. The van der Waals surface area contributed by atoms with Crippen molar-refractivity contribution < 1.29 is 14.0 Å². The van der Waals surface area contributed by atoms with Crippen molar-refractivity contribution in [3.63, 3.8) is 0 Å². The average Bonchev–Trinajstić information content (AvgIpc) is 3.01. The van der Waals surface area contributed by atoms with Gasteiger partial charge in [0.1, 0.15) is 5.76 Å². The average molecular weight is 420 g/mol. The summed E-state index contributed by atoms with van der Waals surface area (Å²) in [6.45, 7) is 5.74. The maximum absolute atomic E-state index is 12.4. The molecule has 0 fully saturated rings. The second-order valence-electron chi connectivity index (χ2n) is 6.33. The van der Waals surface area contributed by atoms with Gasteiger partial charge in [-0.15, -0.1) is 6.58 Å². The van der Waals surface area contributed by atoms with Gasteiger partial charge in [0.25, 0.3) is 11.8 Å². The molecule has 1 aromatic heterocycles. The number of hydrogen-bond donors (Lipinski definition) is 2. The molecule has 6 nitrogen and oxygen atoms in total. The van der Waals surface area contributed by atoms with Crippen LogP contribution in [0, 0.1) is 6.92 Å². The van der Waals surface area contributed by atoms with E-state index in [1.807, 2.05) is 6.92 Å². The van der Waals surface area contributed by atoms with Crippen LogP contribution in [0.2, 0.25) is 10.0 Å². The van der Waals surface area contributed by atoms with Crippen LogP contribution in [0.4, 0.5) is 0 Å². The molecular weight excluding hydrogens is 401 g/mol. The zero-order valence-corrected chi connectivity index (χ0v) is 16.8. The molecule has 8 heteroatoms. The van der Waals surface area contributed by atoms with E-state index < -0.39 is 5.91 Å². The molecule has 0 atom stereocenters. The van der Waals surface area contributed by atoms with E-state index in [-0.39, 0.29) is 22.3 Å². The Bertz CT molecular complexity index is 979. The van der Waals surface area contributed by atoms with Gasteiger partial charge in [0.05, 0.1) is 16.3 Å². The second-order valence-corrected chi connectivity index (χ2v) is 7.17. The van der Waals surface area contributed by atoms with E-state index in [0.29, 0.717) is 41.4 Å². The fraction of sp³-hybridized carbons (Fsp3) is 0.250. The van der Waals surface area contributed by atoms with E-state index in [2.05, 4.69) is 22.4 Å². The van der Waals surface area contributed by atoms with Crippen LogP contribution in [0.3, 0.4) is 0 Å². The smallest absolute Gasteiger partial charge is 0.287 e. The lowest BCUT2D eigenvalue weighted by Gasteiger charge is -2.13. The molecule has 0 unspecified atom stereocenters. The molecule has 0 aliphatic heterocycles. The molecule has 1 aliphatic carbocycles. The highest BCUT2D eigenvalue weighted by molar-refractivity contribution is 6.36. The van der Waals surface area contributed by atoms with Gasteiger partial charge in [-0.1, -0.05) is 29.3 Å². The van der Waals surface area contributed by atoms with Gasteiger partial charge in [-0.05, 0) is 38.0 Å². The Morgan fingerprint density at radius 1 is 1.29 bits per heavy atom. The van der Waals surface area contributed by atoms with Crippen LogP contribution in [0.15, 0.2) is 40.4 Å². The van der Waals surface area contributed by atoms with Crippen molar-refractivity contribution in [2.75, 3.05) is 6.54 Å². The first kappa shape index (κ1) is 20.2. The van der Waals surface area contributed by atoms with Crippen LogP contribution < -0.4 is 10.7 Å². The Balaban J connectivity index is 1.85. The van der Waals surface area contributed by atoms with Crippen LogP contribution in [-0.4, -0.2) is 24.1 Å². The lowest BCUT2D eigenvalue weighted by atomic mass is 9.93. The summed E-state index contributed by atoms with van der Waals surface area (Å²) < 4.78 is 5.77. The number of halogens is 2. The standard InChI is InChI=1S/C20H19Cl2N3O3/c1-3-9-23-20(27)18-11(2)17-15(5-4-6-16(17)28-18)24-25-19(26)13-8-7-12(21)10-14(13)22/h3,7-8,10H,1,4-6,9H2,2H3,(H,23,27)(H,25,26)/b24-15+. The molecule has 1 aliphatic rings. The number of nitrogens with one attached hydrogen (secondary N) is 2. The van der Waals surface area contributed by atoms with Gasteiger partial charge in [-0.3, -0.25) is 9.59 Å². The lowest BCUT2D eigenvalue weighted by Crippen LogP contribution is -2.24. The van der Waals surface area contributed by atoms with Crippen LogP contribution in [-0.2, 0) is 6.42 Å². The number of furan rings is 1. The minimum Gasteiger partial charge on any atom is -0.455 e. The Morgan fingerprint density at radius 2 is 2.07 bits per heavy atom. The van der Waals surface area contributed by atoms with Crippen LogP contribution >= 0.6 is 23.2 Å². The number of aryl methyl sites for hydroxylation is 1. The van der Waals surface area contributed by atoms with Crippen LogP contribution in [0.1, 0.15) is 50.6 Å². The first-order valence-corrected chi connectivity index (χ1v) is 9.51. The van der Waals surface area contributed by atoms with Gasteiger partial charge in [0.2, 0.25) is 0 Å². The minimum absolute atomic E-state index is 0.246. The molecule has 3 rings (SSSR count). The Morgan fingerprint density at radius 3 is 2.79 bits per heavy atom. The number of benzene rings is 1. The van der Waals surface area contributed by atoms with Gasteiger partial charge in [0, 0.05) is 29.1 Å². The normalized spacial score (nSPS) is 14.5. The van der Waals surface area contributed by atoms with Crippen molar-refractivity contribution in [2.24, 2.45) is 5.10 Å². The number of fused-ring (bicyclic) bond motifs is 1. The van der Waals surface area contributed by atoms with E-state index >= 15 is 0 Å². The van der Waals surface area contributed by atoms with Crippen molar-refractivity contribution in [1.82, 2.24) is 10.7 Å². The Labute approximate surface area is 172 Å². The molecule has 2 amide bonds. The second kappa shape index (κ2) is 8.63. The summed E-state index contributed by atoms with van der Waals surface area (Å²) in [5, 5.41) is 7.68. The first-order valence-electron chi connectivity index (χ1n) is 8.76. The van der Waals surface area contributed by atoms with Crippen LogP contribution in [0.5, 0.6) is 0 Å². The SMILES string of the molecule is C=CCNC(=O)c1oc2c(c1C)/C(=N/NC(=O)c1ccc(Cl)cc1Cl)CCC2. The predicted octanol–water partition coefficient (Wildman–Crippen LogP) is 4.28. The summed E-state index contributed by atoms with van der Waals surface area (Å²) in [6, 6.07) is 4.62. The highest BCUT2D eigenvalue weighted by atomic mass is 35.5. The van der Waals surface area contributed by atoms with Gasteiger partial charge in [0.15, 0.2) is 5.76 Å². The molecule has 2 N–H and O–H groups in total. The lowest BCUT2D eigenvalue weighted by molar-refractivity contribution is 0.0926. The summed E-state index contributed by atoms with van der Waals surface area (Å²) in [4.78, 5) is 24.7. The molecule has 0 spiro atoms. The maximum Gasteiger partial charge on any atom is 0.287 e. The summed E-state index contributed by atoms with van der Waals surface area (Å²) in [6.07, 6.45) is 3.78. The first-order chi connectivity index (χ1) is 13.4. The fourth-order valence-electron chi connectivity index (χ4n) is 3.09. The third-order valence-electron chi connectivity index (χ3n) is 4.41. The highest BCUT2D eigenvalue weighted by Crippen LogP contribution is 2.30. The summed E-state index contributed by atoms with van der Waals surface area (Å²) in [5.74, 6) is 0.216. The largest absolute Gasteiger partial charge is 0.455 e. The molecular formula is C20H19Cl2N3O3. The van der Waals surface area contributed by atoms with E-state index in [9.17, 15) is 9.59 Å². The predicted molar refractivity (Wildman–Crippen MR) is 109 cm³/mol. The van der Waals surface area contributed by atoms with Crippen molar-refractivity contribution >= 4 is 40.7 Å². The van der Waals surface area contributed by atoms with Gasteiger partial charge < -0.3 is 9.73 Å². The van der Waals surface area contributed by atoms with Crippen molar-refractivity contribution in [2.45, 2.75) is 26.2 Å². The Kier molecular flexibility index (Phi) is 6.21. The fourth-order valence-corrected chi connectivity index (χ4v) is 3.59.